The molecule has 0 saturated carbocycles. The van der Waals surface area contributed by atoms with Crippen molar-refractivity contribution in [1.29, 1.82) is 0 Å². The van der Waals surface area contributed by atoms with E-state index in [4.69, 9.17) is 15.2 Å². The zero-order chi connectivity index (χ0) is 13.8. The van der Waals surface area contributed by atoms with Gasteiger partial charge in [0, 0.05) is 39.0 Å². The maximum atomic E-state index is 6.03. The maximum absolute atomic E-state index is 6.03. The Morgan fingerprint density at radius 3 is 2.11 bits per heavy atom. The summed E-state index contributed by atoms with van der Waals surface area (Å²) >= 11 is 0. The van der Waals surface area contributed by atoms with Crippen LogP contribution in [-0.4, -0.2) is 39.5 Å². The molecule has 0 spiro atoms. The Balaban J connectivity index is 2.07. The van der Waals surface area contributed by atoms with Crippen molar-refractivity contribution in [2.45, 2.75) is 31.6 Å². The van der Waals surface area contributed by atoms with Gasteiger partial charge < -0.3 is 20.1 Å². The molecule has 4 nitrogen and oxygen atoms in total. The molecule has 0 radical (unpaired) electrons. The summed E-state index contributed by atoms with van der Waals surface area (Å²) < 4.78 is 10.9. The first-order valence-corrected chi connectivity index (χ1v) is 6.85. The number of methoxy groups -OCH3 is 2. The zero-order valence-electron chi connectivity index (χ0n) is 12.0. The summed E-state index contributed by atoms with van der Waals surface area (Å²) in [7, 11) is 3.48. The van der Waals surface area contributed by atoms with E-state index in [-0.39, 0.29) is 18.2 Å². The molecule has 1 fully saturated rings. The second-order valence-electron chi connectivity index (χ2n) is 5.06. The third kappa shape index (κ3) is 3.08. The average molecular weight is 264 g/mol. The van der Waals surface area contributed by atoms with Gasteiger partial charge >= 0.3 is 0 Å². The Hall–Kier alpha value is -1.10. The highest BCUT2D eigenvalue weighted by atomic mass is 16.5. The monoisotopic (exact) mass is 264 g/mol. The number of hydrogen-bond acceptors (Lipinski definition) is 4. The van der Waals surface area contributed by atoms with Crippen LogP contribution in [0.2, 0.25) is 0 Å². The van der Waals surface area contributed by atoms with Crippen molar-refractivity contribution in [2.75, 3.05) is 32.2 Å². The van der Waals surface area contributed by atoms with Gasteiger partial charge in [-0.05, 0) is 24.1 Å². The van der Waals surface area contributed by atoms with Gasteiger partial charge in [0.05, 0.1) is 0 Å². The average Bonchev–Trinajstić information content (AvgIpc) is 2.89. The van der Waals surface area contributed by atoms with E-state index < -0.39 is 0 Å². The summed E-state index contributed by atoms with van der Waals surface area (Å²) in [5, 5.41) is 0. The van der Waals surface area contributed by atoms with Crippen molar-refractivity contribution >= 4 is 5.69 Å². The molecule has 1 aliphatic rings. The van der Waals surface area contributed by atoms with Crippen LogP contribution in [0.3, 0.4) is 0 Å². The number of ether oxygens (including phenoxy) is 2. The quantitative estimate of drug-likeness (QED) is 0.883. The molecule has 0 aromatic heterocycles. The van der Waals surface area contributed by atoms with Crippen LogP contribution < -0.4 is 10.6 Å². The normalized spacial score (nSPS) is 24.7. The fraction of sp³-hybridized carbons (Fsp3) is 0.600. The Morgan fingerprint density at radius 1 is 1.16 bits per heavy atom. The molecule has 2 N–H and O–H groups in total. The van der Waals surface area contributed by atoms with E-state index in [0.29, 0.717) is 0 Å². The molecule has 2 rings (SSSR count). The van der Waals surface area contributed by atoms with Gasteiger partial charge in [-0.15, -0.1) is 0 Å². The van der Waals surface area contributed by atoms with Gasteiger partial charge in [0.25, 0.3) is 0 Å². The van der Waals surface area contributed by atoms with E-state index in [9.17, 15) is 0 Å². The van der Waals surface area contributed by atoms with Gasteiger partial charge in [-0.1, -0.05) is 19.1 Å². The summed E-state index contributed by atoms with van der Waals surface area (Å²) in [6, 6.07) is 8.63. The summed E-state index contributed by atoms with van der Waals surface area (Å²) in [6.07, 6.45) is 1.24. The van der Waals surface area contributed by atoms with E-state index in [1.165, 1.54) is 11.3 Å². The zero-order valence-corrected chi connectivity index (χ0v) is 12.0. The van der Waals surface area contributed by atoms with E-state index in [1.807, 2.05) is 0 Å². The van der Waals surface area contributed by atoms with Crippen LogP contribution in [-0.2, 0) is 9.47 Å². The molecular formula is C15H24N2O2. The highest BCUT2D eigenvalue weighted by molar-refractivity contribution is 5.49. The molecule has 0 bridgehead atoms. The van der Waals surface area contributed by atoms with Crippen molar-refractivity contribution in [3.63, 3.8) is 0 Å². The van der Waals surface area contributed by atoms with Crippen LogP contribution in [0, 0.1) is 0 Å². The summed E-state index contributed by atoms with van der Waals surface area (Å²) in [5.74, 6) is 0. The molecule has 1 saturated heterocycles. The van der Waals surface area contributed by atoms with Gasteiger partial charge in [-0.3, -0.25) is 0 Å². The highest BCUT2D eigenvalue weighted by Gasteiger charge is 2.32. The van der Waals surface area contributed by atoms with Crippen LogP contribution in [0.1, 0.15) is 24.9 Å². The van der Waals surface area contributed by atoms with Gasteiger partial charge in [0.2, 0.25) is 0 Å². The van der Waals surface area contributed by atoms with Crippen molar-refractivity contribution in [2.24, 2.45) is 5.73 Å². The molecule has 3 atom stereocenters. The molecule has 4 heteroatoms. The second-order valence-corrected chi connectivity index (χ2v) is 5.06. The number of nitrogens with two attached hydrogens (primary N) is 1. The largest absolute Gasteiger partial charge is 0.377 e. The number of anilines is 1. The van der Waals surface area contributed by atoms with Crippen molar-refractivity contribution in [1.82, 2.24) is 0 Å². The predicted molar refractivity (Wildman–Crippen MR) is 77.5 cm³/mol. The van der Waals surface area contributed by atoms with E-state index in [0.717, 1.165) is 19.5 Å². The third-order valence-corrected chi connectivity index (χ3v) is 3.95. The van der Waals surface area contributed by atoms with E-state index in [2.05, 4.69) is 36.1 Å². The number of hydrogen-bond donors (Lipinski definition) is 1. The number of benzene rings is 1. The number of nitrogens with zero attached hydrogens (tertiary/aromatic N) is 1. The minimum atomic E-state index is 0.131. The van der Waals surface area contributed by atoms with Crippen LogP contribution in [0.5, 0.6) is 0 Å². The Labute approximate surface area is 115 Å². The molecule has 3 unspecified atom stereocenters. The first kappa shape index (κ1) is 14.3. The molecule has 1 aliphatic heterocycles. The molecule has 0 aliphatic carbocycles. The molecule has 1 aromatic carbocycles. The summed E-state index contributed by atoms with van der Waals surface area (Å²) in [6.45, 7) is 3.84. The molecule has 0 amide bonds. The first-order valence-electron chi connectivity index (χ1n) is 6.85. The lowest BCUT2D eigenvalue weighted by Gasteiger charge is -2.19. The van der Waals surface area contributed by atoms with E-state index in [1.54, 1.807) is 14.2 Å². The van der Waals surface area contributed by atoms with Gasteiger partial charge in [0.15, 0.2) is 0 Å². The lowest BCUT2D eigenvalue weighted by molar-refractivity contribution is -0.00461. The standard InChI is InChI=1S/C15H24N2O2/c1-4-13(16)11-5-7-12(8-6-11)17-9-14(18-2)15(10-17)19-3/h5-8,13-15H,4,9-10,16H2,1-3H3. The Morgan fingerprint density at radius 2 is 1.68 bits per heavy atom. The van der Waals surface area contributed by atoms with Crippen molar-refractivity contribution in [3.05, 3.63) is 29.8 Å². The minimum absolute atomic E-state index is 0.131. The lowest BCUT2D eigenvalue weighted by atomic mass is 10.1. The van der Waals surface area contributed by atoms with Crippen LogP contribution >= 0.6 is 0 Å². The molecule has 1 aromatic rings. The summed E-state index contributed by atoms with van der Waals surface area (Å²) in [5.41, 5.74) is 8.43. The second kappa shape index (κ2) is 6.37. The topological polar surface area (TPSA) is 47.7 Å². The van der Waals surface area contributed by atoms with Gasteiger partial charge in [-0.25, -0.2) is 0 Å². The van der Waals surface area contributed by atoms with Crippen LogP contribution in [0.4, 0.5) is 5.69 Å². The first-order chi connectivity index (χ1) is 9.19. The lowest BCUT2D eigenvalue weighted by Crippen LogP contribution is -2.27. The van der Waals surface area contributed by atoms with Gasteiger partial charge in [-0.2, -0.15) is 0 Å². The molecule has 106 valence electrons. The fourth-order valence-corrected chi connectivity index (χ4v) is 2.58. The molecular weight excluding hydrogens is 240 g/mol. The van der Waals surface area contributed by atoms with Crippen LogP contribution in [0.15, 0.2) is 24.3 Å². The third-order valence-electron chi connectivity index (χ3n) is 3.95. The van der Waals surface area contributed by atoms with Crippen molar-refractivity contribution in [3.8, 4) is 0 Å². The Bertz CT molecular complexity index is 382. The highest BCUT2D eigenvalue weighted by Crippen LogP contribution is 2.25. The minimum Gasteiger partial charge on any atom is -0.377 e. The summed E-state index contributed by atoms with van der Waals surface area (Å²) in [4.78, 5) is 2.30. The smallest absolute Gasteiger partial charge is 0.102 e. The van der Waals surface area contributed by atoms with E-state index >= 15 is 0 Å². The fourth-order valence-electron chi connectivity index (χ4n) is 2.58. The molecule has 19 heavy (non-hydrogen) atoms. The Kier molecular flexibility index (Phi) is 4.80. The number of rotatable bonds is 5. The van der Waals surface area contributed by atoms with Crippen molar-refractivity contribution < 1.29 is 9.47 Å². The van der Waals surface area contributed by atoms with Crippen LogP contribution in [0.25, 0.3) is 0 Å². The predicted octanol–water partition coefficient (Wildman–Crippen LogP) is 1.95. The van der Waals surface area contributed by atoms with Gasteiger partial charge in [0.1, 0.15) is 12.2 Å². The molecule has 1 heterocycles. The maximum Gasteiger partial charge on any atom is 0.102 e. The SMILES string of the molecule is CCC(N)c1ccc(N2CC(OC)C(OC)C2)cc1.